The highest BCUT2D eigenvalue weighted by atomic mass is 15.2. The summed E-state index contributed by atoms with van der Waals surface area (Å²) in [6.07, 6.45) is 4.08. The van der Waals surface area contributed by atoms with Gasteiger partial charge in [-0.05, 0) is 55.3 Å². The van der Waals surface area contributed by atoms with Crippen LogP contribution in [-0.4, -0.2) is 17.5 Å². The van der Waals surface area contributed by atoms with Gasteiger partial charge in [-0.2, -0.15) is 0 Å². The highest BCUT2D eigenvalue weighted by molar-refractivity contribution is 5.31. The summed E-state index contributed by atoms with van der Waals surface area (Å²) in [6, 6.07) is 7.52. The van der Waals surface area contributed by atoms with Crippen LogP contribution in [0.2, 0.25) is 0 Å². The van der Waals surface area contributed by atoms with Crippen LogP contribution in [0, 0.1) is 12.8 Å². The highest BCUT2D eigenvalue weighted by Crippen LogP contribution is 2.29. The summed E-state index contributed by atoms with van der Waals surface area (Å²) in [5.41, 5.74) is 9.79. The van der Waals surface area contributed by atoms with E-state index in [4.69, 9.17) is 5.73 Å². The molecule has 0 atom stereocenters. The summed E-state index contributed by atoms with van der Waals surface area (Å²) in [5.74, 6) is 0.793. The van der Waals surface area contributed by atoms with E-state index in [9.17, 15) is 0 Å². The Labute approximate surface area is 118 Å². The molecule has 0 unspecified atom stereocenters. The lowest BCUT2D eigenvalue weighted by Crippen LogP contribution is -2.28. The number of nitrogens with zero attached hydrogens (tertiary/aromatic N) is 1. The molecule has 0 radical (unpaired) electrons. The molecule has 2 rings (SSSR count). The van der Waals surface area contributed by atoms with Crippen molar-refractivity contribution in [3.8, 4) is 0 Å². The van der Waals surface area contributed by atoms with Crippen molar-refractivity contribution in [1.82, 2.24) is 4.90 Å². The largest absolute Gasteiger partial charge is 0.326 e. The molecule has 0 spiro atoms. The lowest BCUT2D eigenvalue weighted by molar-refractivity contribution is 0.239. The number of hydrogen-bond donors (Lipinski definition) is 1. The van der Waals surface area contributed by atoms with E-state index in [1.807, 2.05) is 0 Å². The second-order valence-corrected chi connectivity index (χ2v) is 6.35. The Kier molecular flexibility index (Phi) is 5.00. The molecule has 0 aliphatic heterocycles. The Morgan fingerprint density at radius 2 is 2.05 bits per heavy atom. The standard InChI is InChI=1S/C17H28N2/c1-13(2)8-9-19(17-6-7-17)12-16-5-4-15(11-18)10-14(16)3/h4-5,10,13,17H,6-9,11-12,18H2,1-3H3. The van der Waals surface area contributed by atoms with Gasteiger partial charge in [-0.15, -0.1) is 0 Å². The third-order valence-electron chi connectivity index (χ3n) is 4.07. The Bertz CT molecular complexity index is 408. The molecule has 1 fully saturated rings. The zero-order chi connectivity index (χ0) is 13.8. The van der Waals surface area contributed by atoms with Crippen molar-refractivity contribution in [1.29, 1.82) is 0 Å². The molecule has 1 aromatic carbocycles. The van der Waals surface area contributed by atoms with Crippen LogP contribution >= 0.6 is 0 Å². The third kappa shape index (κ3) is 4.32. The van der Waals surface area contributed by atoms with Crippen molar-refractivity contribution in [2.24, 2.45) is 11.7 Å². The molecule has 1 aliphatic rings. The summed E-state index contributed by atoms with van der Waals surface area (Å²) in [4.78, 5) is 2.67. The lowest BCUT2D eigenvalue weighted by Gasteiger charge is -2.24. The van der Waals surface area contributed by atoms with Gasteiger partial charge in [0.2, 0.25) is 0 Å². The Balaban J connectivity index is 2.00. The van der Waals surface area contributed by atoms with Gasteiger partial charge in [0.15, 0.2) is 0 Å². The van der Waals surface area contributed by atoms with Crippen LogP contribution in [0.4, 0.5) is 0 Å². The minimum atomic E-state index is 0.640. The first-order chi connectivity index (χ1) is 9.10. The van der Waals surface area contributed by atoms with Gasteiger partial charge >= 0.3 is 0 Å². The Hall–Kier alpha value is -0.860. The van der Waals surface area contributed by atoms with Crippen molar-refractivity contribution in [2.75, 3.05) is 6.54 Å². The van der Waals surface area contributed by atoms with Crippen LogP contribution in [0.15, 0.2) is 18.2 Å². The molecule has 2 heteroatoms. The van der Waals surface area contributed by atoms with Crippen LogP contribution in [-0.2, 0) is 13.1 Å². The molecule has 1 aromatic rings. The topological polar surface area (TPSA) is 29.3 Å². The van der Waals surface area contributed by atoms with Gasteiger partial charge in [0.1, 0.15) is 0 Å². The fourth-order valence-corrected chi connectivity index (χ4v) is 2.54. The summed E-state index contributed by atoms with van der Waals surface area (Å²) in [6.45, 7) is 9.82. The fraction of sp³-hybridized carbons (Fsp3) is 0.647. The van der Waals surface area contributed by atoms with Crippen molar-refractivity contribution in [3.63, 3.8) is 0 Å². The zero-order valence-electron chi connectivity index (χ0n) is 12.7. The Morgan fingerprint density at radius 1 is 1.32 bits per heavy atom. The van der Waals surface area contributed by atoms with Gasteiger partial charge in [-0.25, -0.2) is 0 Å². The lowest BCUT2D eigenvalue weighted by atomic mass is 10.0. The number of rotatable bonds is 7. The zero-order valence-corrected chi connectivity index (χ0v) is 12.7. The van der Waals surface area contributed by atoms with Crippen LogP contribution in [0.1, 0.15) is 49.8 Å². The highest BCUT2D eigenvalue weighted by Gasteiger charge is 2.28. The third-order valence-corrected chi connectivity index (χ3v) is 4.07. The van der Waals surface area contributed by atoms with E-state index in [-0.39, 0.29) is 0 Å². The van der Waals surface area contributed by atoms with Crippen LogP contribution in [0.3, 0.4) is 0 Å². The molecule has 0 heterocycles. The Morgan fingerprint density at radius 3 is 2.58 bits per heavy atom. The minimum Gasteiger partial charge on any atom is -0.326 e. The normalized spacial score (nSPS) is 15.5. The molecule has 2 N–H and O–H groups in total. The maximum Gasteiger partial charge on any atom is 0.0239 e. The van der Waals surface area contributed by atoms with Gasteiger partial charge in [0, 0.05) is 19.1 Å². The molecule has 2 nitrogen and oxygen atoms in total. The maximum atomic E-state index is 5.70. The minimum absolute atomic E-state index is 0.640. The van der Waals surface area contributed by atoms with E-state index >= 15 is 0 Å². The van der Waals surface area contributed by atoms with Gasteiger partial charge in [0.25, 0.3) is 0 Å². The molecule has 19 heavy (non-hydrogen) atoms. The summed E-state index contributed by atoms with van der Waals surface area (Å²) >= 11 is 0. The molecule has 0 saturated heterocycles. The second kappa shape index (κ2) is 6.53. The van der Waals surface area contributed by atoms with E-state index in [1.165, 1.54) is 42.5 Å². The average molecular weight is 260 g/mol. The van der Waals surface area contributed by atoms with Gasteiger partial charge in [-0.3, -0.25) is 4.90 Å². The van der Waals surface area contributed by atoms with Crippen LogP contribution in [0.25, 0.3) is 0 Å². The van der Waals surface area contributed by atoms with Crippen molar-refractivity contribution in [3.05, 3.63) is 34.9 Å². The molecule has 106 valence electrons. The summed E-state index contributed by atoms with van der Waals surface area (Å²) in [7, 11) is 0. The van der Waals surface area contributed by atoms with Crippen LogP contribution < -0.4 is 5.73 Å². The molecule has 0 aromatic heterocycles. The molecule has 0 amide bonds. The van der Waals surface area contributed by atoms with Crippen molar-refractivity contribution < 1.29 is 0 Å². The van der Waals surface area contributed by atoms with Gasteiger partial charge < -0.3 is 5.73 Å². The predicted octanol–water partition coefficient (Wildman–Crippen LogP) is 3.46. The predicted molar refractivity (Wildman–Crippen MR) is 82.0 cm³/mol. The first-order valence-corrected chi connectivity index (χ1v) is 7.62. The fourth-order valence-electron chi connectivity index (χ4n) is 2.54. The quantitative estimate of drug-likeness (QED) is 0.813. The van der Waals surface area contributed by atoms with Gasteiger partial charge in [0.05, 0.1) is 0 Å². The molecule has 1 saturated carbocycles. The van der Waals surface area contributed by atoms with E-state index in [2.05, 4.69) is 43.9 Å². The maximum absolute atomic E-state index is 5.70. The second-order valence-electron chi connectivity index (χ2n) is 6.35. The average Bonchev–Trinajstić information content (AvgIpc) is 3.20. The number of nitrogens with two attached hydrogens (primary N) is 1. The van der Waals surface area contributed by atoms with E-state index in [0.29, 0.717) is 6.54 Å². The van der Waals surface area contributed by atoms with Crippen LogP contribution in [0.5, 0.6) is 0 Å². The summed E-state index contributed by atoms with van der Waals surface area (Å²) < 4.78 is 0. The van der Waals surface area contributed by atoms with E-state index < -0.39 is 0 Å². The number of aryl methyl sites for hydroxylation is 1. The van der Waals surface area contributed by atoms with E-state index in [1.54, 1.807) is 0 Å². The smallest absolute Gasteiger partial charge is 0.0239 e. The summed E-state index contributed by atoms with van der Waals surface area (Å²) in [5, 5.41) is 0. The molecule has 0 bridgehead atoms. The number of hydrogen-bond acceptors (Lipinski definition) is 2. The molecular formula is C17H28N2. The SMILES string of the molecule is Cc1cc(CN)ccc1CN(CCC(C)C)C1CC1. The molecular weight excluding hydrogens is 232 g/mol. The van der Waals surface area contributed by atoms with Crippen molar-refractivity contribution >= 4 is 0 Å². The molecule has 1 aliphatic carbocycles. The van der Waals surface area contributed by atoms with Crippen molar-refractivity contribution in [2.45, 2.75) is 59.2 Å². The first-order valence-electron chi connectivity index (χ1n) is 7.62. The van der Waals surface area contributed by atoms with E-state index in [0.717, 1.165) is 18.5 Å². The van der Waals surface area contributed by atoms with Gasteiger partial charge in [-0.1, -0.05) is 32.0 Å². The first kappa shape index (κ1) is 14.5. The monoisotopic (exact) mass is 260 g/mol. The number of benzene rings is 1.